The Kier molecular flexibility index (Phi) is 3.09. The highest BCUT2D eigenvalue weighted by atomic mass is 19.1. The summed E-state index contributed by atoms with van der Waals surface area (Å²) < 4.78 is 13.6. The summed E-state index contributed by atoms with van der Waals surface area (Å²) >= 11 is 0. The van der Waals surface area contributed by atoms with Crippen LogP contribution in [0.2, 0.25) is 0 Å². The number of benzene rings is 2. The first-order valence-electron chi connectivity index (χ1n) is 7.88. The zero-order valence-corrected chi connectivity index (χ0v) is 13.1. The van der Waals surface area contributed by atoms with Crippen LogP contribution in [-0.2, 0) is 10.5 Å². The molecule has 0 fully saturated rings. The first kappa shape index (κ1) is 14.7. The number of nitrogens with zero attached hydrogens (tertiary/aromatic N) is 1. The van der Waals surface area contributed by atoms with Gasteiger partial charge in [0.15, 0.2) is 0 Å². The molecule has 2 aliphatic heterocycles. The second kappa shape index (κ2) is 5.06. The van der Waals surface area contributed by atoms with Crippen molar-refractivity contribution in [1.29, 1.82) is 0 Å². The van der Waals surface area contributed by atoms with Crippen LogP contribution in [0.5, 0.6) is 0 Å². The van der Waals surface area contributed by atoms with Gasteiger partial charge in [0, 0.05) is 17.8 Å². The second-order valence-corrected chi connectivity index (χ2v) is 5.98. The average molecular weight is 325 g/mol. The Hall–Kier alpha value is -2.89. The third-order valence-electron chi connectivity index (χ3n) is 4.52. The van der Waals surface area contributed by atoms with Crippen molar-refractivity contribution in [1.82, 2.24) is 4.90 Å². The number of para-hydroxylation sites is 1. The van der Waals surface area contributed by atoms with Crippen molar-refractivity contribution in [2.75, 3.05) is 17.2 Å². The maximum Gasteiger partial charge on any atom is 0.276 e. The van der Waals surface area contributed by atoms with Gasteiger partial charge in [0.05, 0.1) is 11.3 Å². The molecule has 0 unspecified atom stereocenters. The van der Waals surface area contributed by atoms with Crippen molar-refractivity contribution in [2.24, 2.45) is 0 Å². The maximum atomic E-state index is 13.6. The van der Waals surface area contributed by atoms with Crippen LogP contribution in [0.3, 0.4) is 0 Å². The van der Waals surface area contributed by atoms with E-state index in [-0.39, 0.29) is 11.8 Å². The Morgan fingerprint density at radius 2 is 1.92 bits per heavy atom. The number of hydrogen-bond donors (Lipinski definition) is 2. The highest BCUT2D eigenvalue weighted by molar-refractivity contribution is 6.14. The minimum Gasteiger partial charge on any atom is -0.350 e. The standard InChI is InChI=1S/C18H16FN3O2/c1-2-9-22-16(23)12-5-3-4-6-14(12)21-18(22)13-8-7-11(19)10-15(13)20-17(18)24/h3-8,10,21H,2,9H2,1H3,(H,20,24)/t18-/m0/s1. The normalized spacial score (nSPS) is 21.3. The average Bonchev–Trinajstić information content (AvgIpc) is 2.83. The van der Waals surface area contributed by atoms with Crippen LogP contribution in [0, 0.1) is 5.82 Å². The van der Waals surface area contributed by atoms with Crippen LogP contribution in [-0.4, -0.2) is 23.3 Å². The van der Waals surface area contributed by atoms with E-state index in [9.17, 15) is 14.0 Å². The molecule has 0 aromatic heterocycles. The van der Waals surface area contributed by atoms with E-state index in [1.54, 1.807) is 30.3 Å². The first-order valence-corrected chi connectivity index (χ1v) is 7.88. The molecule has 5 nitrogen and oxygen atoms in total. The first-order chi connectivity index (χ1) is 11.6. The Morgan fingerprint density at radius 1 is 1.12 bits per heavy atom. The molecule has 0 saturated heterocycles. The van der Waals surface area contributed by atoms with Crippen LogP contribution < -0.4 is 10.6 Å². The molecule has 0 aliphatic carbocycles. The number of carbonyl (C=O) groups is 2. The fraction of sp³-hybridized carbons (Fsp3) is 0.222. The summed E-state index contributed by atoms with van der Waals surface area (Å²) in [4.78, 5) is 27.4. The van der Waals surface area contributed by atoms with Gasteiger partial charge < -0.3 is 15.5 Å². The molecule has 1 atom stereocenters. The number of rotatable bonds is 2. The Labute approximate surface area is 138 Å². The highest BCUT2D eigenvalue weighted by Crippen LogP contribution is 2.45. The molecule has 0 saturated carbocycles. The van der Waals surface area contributed by atoms with Crippen molar-refractivity contribution >= 4 is 23.2 Å². The summed E-state index contributed by atoms with van der Waals surface area (Å²) in [5.74, 6) is -1.02. The fourth-order valence-corrected chi connectivity index (χ4v) is 3.49. The molecular formula is C18H16FN3O2. The van der Waals surface area contributed by atoms with Gasteiger partial charge in [0.2, 0.25) is 5.66 Å². The lowest BCUT2D eigenvalue weighted by atomic mass is 9.92. The van der Waals surface area contributed by atoms with E-state index >= 15 is 0 Å². The summed E-state index contributed by atoms with van der Waals surface area (Å²) in [5, 5.41) is 5.94. The number of carbonyl (C=O) groups excluding carboxylic acids is 2. The van der Waals surface area contributed by atoms with Crippen molar-refractivity contribution < 1.29 is 14.0 Å². The zero-order chi connectivity index (χ0) is 16.9. The van der Waals surface area contributed by atoms with Crippen molar-refractivity contribution in [2.45, 2.75) is 19.0 Å². The summed E-state index contributed by atoms with van der Waals surface area (Å²) in [7, 11) is 0. The number of fused-ring (bicyclic) bond motifs is 3. The Bertz CT molecular complexity index is 867. The van der Waals surface area contributed by atoms with E-state index in [0.717, 1.165) is 0 Å². The predicted molar refractivity (Wildman–Crippen MR) is 88.1 cm³/mol. The molecule has 2 aromatic rings. The van der Waals surface area contributed by atoms with Crippen molar-refractivity contribution in [3.05, 3.63) is 59.4 Å². The molecule has 2 heterocycles. The van der Waals surface area contributed by atoms with E-state index in [1.807, 2.05) is 6.92 Å². The monoisotopic (exact) mass is 325 g/mol. The van der Waals surface area contributed by atoms with Gasteiger partial charge in [-0.25, -0.2) is 4.39 Å². The van der Waals surface area contributed by atoms with E-state index in [1.165, 1.54) is 17.0 Å². The number of amides is 2. The molecule has 0 radical (unpaired) electrons. The summed E-state index contributed by atoms with van der Waals surface area (Å²) in [6.45, 7) is 2.35. The van der Waals surface area contributed by atoms with Gasteiger partial charge in [-0.05, 0) is 36.8 Å². The van der Waals surface area contributed by atoms with E-state index in [2.05, 4.69) is 10.6 Å². The van der Waals surface area contributed by atoms with Crippen LogP contribution in [0.15, 0.2) is 42.5 Å². The molecule has 1 spiro atoms. The van der Waals surface area contributed by atoms with Gasteiger partial charge in [0.1, 0.15) is 5.82 Å². The SMILES string of the molecule is CCCN1C(=O)c2ccccc2N[C@]12C(=O)Nc1cc(F)ccc12. The number of nitrogens with one attached hydrogen (secondary N) is 2. The lowest BCUT2D eigenvalue weighted by Crippen LogP contribution is -2.61. The molecular weight excluding hydrogens is 309 g/mol. The lowest BCUT2D eigenvalue weighted by Gasteiger charge is -2.44. The van der Waals surface area contributed by atoms with Gasteiger partial charge in [-0.15, -0.1) is 0 Å². The smallest absolute Gasteiger partial charge is 0.276 e. The van der Waals surface area contributed by atoms with Crippen LogP contribution in [0.25, 0.3) is 0 Å². The lowest BCUT2D eigenvalue weighted by molar-refractivity contribution is -0.125. The predicted octanol–water partition coefficient (Wildman–Crippen LogP) is 2.91. The second-order valence-electron chi connectivity index (χ2n) is 5.98. The van der Waals surface area contributed by atoms with Crippen LogP contribution >= 0.6 is 0 Å². The van der Waals surface area contributed by atoms with Crippen LogP contribution in [0.4, 0.5) is 15.8 Å². The van der Waals surface area contributed by atoms with E-state index in [0.29, 0.717) is 35.5 Å². The molecule has 2 aromatic carbocycles. The summed E-state index contributed by atoms with van der Waals surface area (Å²) in [6.07, 6.45) is 0.696. The molecule has 2 N–H and O–H groups in total. The topological polar surface area (TPSA) is 61.4 Å². The molecule has 122 valence electrons. The highest BCUT2D eigenvalue weighted by Gasteiger charge is 2.56. The summed E-state index contributed by atoms with van der Waals surface area (Å²) in [5.41, 5.74) is 0.734. The van der Waals surface area contributed by atoms with Crippen molar-refractivity contribution in [3.63, 3.8) is 0 Å². The Balaban J connectivity index is 1.96. The van der Waals surface area contributed by atoms with Gasteiger partial charge in [0.25, 0.3) is 11.8 Å². The third-order valence-corrected chi connectivity index (χ3v) is 4.52. The minimum absolute atomic E-state index is 0.210. The van der Waals surface area contributed by atoms with Gasteiger partial charge >= 0.3 is 0 Å². The third kappa shape index (κ3) is 1.79. The molecule has 2 aliphatic rings. The quantitative estimate of drug-likeness (QED) is 0.892. The molecule has 4 rings (SSSR count). The fourth-order valence-electron chi connectivity index (χ4n) is 3.49. The van der Waals surface area contributed by atoms with Gasteiger partial charge in [-0.3, -0.25) is 9.59 Å². The van der Waals surface area contributed by atoms with Gasteiger partial charge in [-0.2, -0.15) is 0 Å². The minimum atomic E-state index is -1.34. The van der Waals surface area contributed by atoms with E-state index in [4.69, 9.17) is 0 Å². The number of anilines is 2. The number of halogens is 1. The maximum absolute atomic E-state index is 13.6. The largest absolute Gasteiger partial charge is 0.350 e. The zero-order valence-electron chi connectivity index (χ0n) is 13.1. The van der Waals surface area contributed by atoms with Crippen LogP contribution in [0.1, 0.15) is 29.3 Å². The molecule has 0 bridgehead atoms. The Morgan fingerprint density at radius 3 is 2.71 bits per heavy atom. The molecule has 2 amide bonds. The number of hydrogen-bond acceptors (Lipinski definition) is 3. The van der Waals surface area contributed by atoms with Gasteiger partial charge in [-0.1, -0.05) is 19.1 Å². The van der Waals surface area contributed by atoms with Crippen molar-refractivity contribution in [3.8, 4) is 0 Å². The molecule has 24 heavy (non-hydrogen) atoms. The van der Waals surface area contributed by atoms with E-state index < -0.39 is 11.5 Å². The summed E-state index contributed by atoms with van der Waals surface area (Å²) in [6, 6.07) is 11.2. The molecule has 6 heteroatoms.